The molecule has 63 valence electrons. The van der Waals surface area contributed by atoms with Crippen LogP contribution >= 0.6 is 0 Å². The van der Waals surface area contributed by atoms with E-state index in [1.54, 1.807) is 0 Å². The van der Waals surface area contributed by atoms with Gasteiger partial charge in [0.15, 0.2) is 0 Å². The zero-order chi connectivity index (χ0) is 8.10. The van der Waals surface area contributed by atoms with Crippen LogP contribution in [-0.4, -0.2) is 24.0 Å². The Labute approximate surface area is 70.1 Å². The number of hydrogen-bond acceptors (Lipinski definition) is 1. The summed E-state index contributed by atoms with van der Waals surface area (Å²) in [5.41, 5.74) is 0. The van der Waals surface area contributed by atoms with Gasteiger partial charge in [0.2, 0.25) is 0 Å². The third-order valence-corrected chi connectivity index (χ3v) is 2.45. The smallest absolute Gasteiger partial charge is 0.0163 e. The van der Waals surface area contributed by atoms with Gasteiger partial charge in [0.1, 0.15) is 0 Å². The van der Waals surface area contributed by atoms with E-state index in [9.17, 15) is 0 Å². The van der Waals surface area contributed by atoms with E-state index in [4.69, 9.17) is 0 Å². The lowest BCUT2D eigenvalue weighted by molar-refractivity contribution is 0.166. The summed E-state index contributed by atoms with van der Waals surface area (Å²) in [6, 6.07) is 0.724. The highest BCUT2D eigenvalue weighted by molar-refractivity contribution is 4.82. The molecule has 1 heteroatoms. The Morgan fingerprint density at radius 2 is 2.27 bits per heavy atom. The van der Waals surface area contributed by atoms with Gasteiger partial charge in [0, 0.05) is 12.6 Å². The molecular weight excluding hydrogens is 134 g/mol. The van der Waals surface area contributed by atoms with Crippen LogP contribution in [-0.2, 0) is 0 Å². The fourth-order valence-corrected chi connectivity index (χ4v) is 1.79. The van der Waals surface area contributed by atoms with Crippen LogP contribution in [0.5, 0.6) is 0 Å². The van der Waals surface area contributed by atoms with Crippen LogP contribution in [0.1, 0.15) is 25.7 Å². The quantitative estimate of drug-likeness (QED) is 0.561. The van der Waals surface area contributed by atoms with Crippen molar-refractivity contribution in [3.05, 3.63) is 19.6 Å². The molecule has 1 nitrogen and oxygen atoms in total. The number of likely N-dealkylation sites (tertiary alicyclic amines) is 1. The molecule has 1 atom stereocenters. The van der Waals surface area contributed by atoms with Crippen LogP contribution in [0, 0.1) is 6.92 Å². The fourth-order valence-electron chi connectivity index (χ4n) is 1.79. The van der Waals surface area contributed by atoms with Gasteiger partial charge in [-0.15, -0.1) is 6.58 Å². The second-order valence-electron chi connectivity index (χ2n) is 3.22. The normalized spacial score (nSPS) is 26.8. The second-order valence-corrected chi connectivity index (χ2v) is 3.22. The fraction of sp³-hybridized carbons (Fsp3) is 0.700. The maximum Gasteiger partial charge on any atom is 0.0163 e. The van der Waals surface area contributed by atoms with Gasteiger partial charge < -0.3 is 0 Å². The summed E-state index contributed by atoms with van der Waals surface area (Å²) < 4.78 is 0. The van der Waals surface area contributed by atoms with Crippen molar-refractivity contribution in [1.29, 1.82) is 0 Å². The topological polar surface area (TPSA) is 3.24 Å². The highest BCUT2D eigenvalue weighted by Gasteiger charge is 2.18. The number of piperidine rings is 1. The van der Waals surface area contributed by atoms with Crippen molar-refractivity contribution >= 4 is 0 Å². The largest absolute Gasteiger partial charge is 0.297 e. The molecule has 1 unspecified atom stereocenters. The Morgan fingerprint density at radius 3 is 2.91 bits per heavy atom. The first-order valence-electron chi connectivity index (χ1n) is 4.52. The van der Waals surface area contributed by atoms with E-state index in [-0.39, 0.29) is 0 Å². The van der Waals surface area contributed by atoms with E-state index < -0.39 is 0 Å². The molecule has 1 radical (unpaired) electrons. The molecular formula is C10H18N. The van der Waals surface area contributed by atoms with Gasteiger partial charge in [-0.25, -0.2) is 0 Å². The summed E-state index contributed by atoms with van der Waals surface area (Å²) in [5.74, 6) is 0. The van der Waals surface area contributed by atoms with Crippen LogP contribution in [0.3, 0.4) is 0 Å². The zero-order valence-electron chi connectivity index (χ0n) is 7.26. The summed E-state index contributed by atoms with van der Waals surface area (Å²) in [5, 5.41) is 0. The second kappa shape index (κ2) is 4.55. The van der Waals surface area contributed by atoms with Gasteiger partial charge in [-0.2, -0.15) is 0 Å². The maximum absolute atomic E-state index is 3.97. The van der Waals surface area contributed by atoms with Gasteiger partial charge in [-0.3, -0.25) is 4.90 Å². The van der Waals surface area contributed by atoms with Crippen molar-refractivity contribution in [3.8, 4) is 0 Å². The van der Waals surface area contributed by atoms with Crippen molar-refractivity contribution in [2.75, 3.05) is 13.1 Å². The molecule has 0 bridgehead atoms. The van der Waals surface area contributed by atoms with Crippen molar-refractivity contribution in [3.63, 3.8) is 0 Å². The molecule has 0 N–H and O–H groups in total. The van der Waals surface area contributed by atoms with Gasteiger partial charge >= 0.3 is 0 Å². The molecule has 0 aromatic heterocycles. The molecule has 1 fully saturated rings. The first-order chi connectivity index (χ1) is 5.38. The maximum atomic E-state index is 3.97. The average Bonchev–Trinajstić information content (AvgIpc) is 2.06. The van der Waals surface area contributed by atoms with E-state index in [2.05, 4.69) is 18.4 Å². The third-order valence-electron chi connectivity index (χ3n) is 2.45. The molecule has 0 spiro atoms. The third kappa shape index (κ3) is 2.33. The average molecular weight is 152 g/mol. The minimum atomic E-state index is 0.724. The van der Waals surface area contributed by atoms with Gasteiger partial charge in [0.05, 0.1) is 0 Å². The molecule has 0 aromatic carbocycles. The summed E-state index contributed by atoms with van der Waals surface area (Å²) >= 11 is 0. The molecule has 0 aromatic rings. The summed E-state index contributed by atoms with van der Waals surface area (Å²) in [6.07, 6.45) is 7.11. The Bertz CT molecular complexity index is 120. The predicted molar refractivity (Wildman–Crippen MR) is 49.4 cm³/mol. The van der Waals surface area contributed by atoms with E-state index in [0.717, 1.165) is 19.0 Å². The lowest BCUT2D eigenvalue weighted by Gasteiger charge is -2.34. The number of rotatable bonds is 3. The summed E-state index contributed by atoms with van der Waals surface area (Å²) in [6.45, 7) is 10.0. The van der Waals surface area contributed by atoms with Crippen LogP contribution in [0.2, 0.25) is 0 Å². The zero-order valence-corrected chi connectivity index (χ0v) is 7.26. The molecule has 1 saturated heterocycles. The van der Waals surface area contributed by atoms with Crippen LogP contribution in [0.4, 0.5) is 0 Å². The molecule has 1 heterocycles. The Kier molecular flexibility index (Phi) is 3.64. The molecule has 0 saturated carbocycles. The summed E-state index contributed by atoms with van der Waals surface area (Å²) in [7, 11) is 0. The Morgan fingerprint density at radius 1 is 1.45 bits per heavy atom. The minimum absolute atomic E-state index is 0.724. The van der Waals surface area contributed by atoms with Crippen LogP contribution in [0.15, 0.2) is 12.7 Å². The molecule has 1 rings (SSSR count). The van der Waals surface area contributed by atoms with Crippen LogP contribution in [0.25, 0.3) is 0 Å². The molecule has 1 aliphatic heterocycles. The first-order valence-corrected chi connectivity index (χ1v) is 4.52. The van der Waals surface area contributed by atoms with Crippen molar-refractivity contribution in [2.24, 2.45) is 0 Å². The van der Waals surface area contributed by atoms with Gasteiger partial charge in [-0.05, 0) is 25.8 Å². The predicted octanol–water partition coefficient (Wildman–Crippen LogP) is 2.25. The van der Waals surface area contributed by atoms with Crippen molar-refractivity contribution in [1.82, 2.24) is 4.90 Å². The Hall–Kier alpha value is -0.300. The first kappa shape index (κ1) is 8.79. The SMILES string of the molecule is [CH2]CC1CCCCN1CC=C. The minimum Gasteiger partial charge on any atom is -0.297 e. The van der Waals surface area contributed by atoms with Crippen molar-refractivity contribution in [2.45, 2.75) is 31.7 Å². The van der Waals surface area contributed by atoms with E-state index in [1.165, 1.54) is 25.8 Å². The summed E-state index contributed by atoms with van der Waals surface area (Å²) in [4.78, 5) is 2.49. The molecule has 1 aliphatic rings. The molecule has 11 heavy (non-hydrogen) atoms. The molecule has 0 amide bonds. The monoisotopic (exact) mass is 152 g/mol. The highest BCUT2D eigenvalue weighted by Crippen LogP contribution is 2.18. The van der Waals surface area contributed by atoms with E-state index in [1.807, 2.05) is 6.08 Å². The standard InChI is InChI=1S/C10H18N/c1-3-8-11-9-6-5-7-10(11)4-2/h3,10H,1-2,4-9H2. The van der Waals surface area contributed by atoms with Gasteiger partial charge in [0.25, 0.3) is 0 Å². The highest BCUT2D eigenvalue weighted by atomic mass is 15.2. The number of nitrogens with zero attached hydrogens (tertiary/aromatic N) is 1. The van der Waals surface area contributed by atoms with Gasteiger partial charge in [-0.1, -0.05) is 19.4 Å². The van der Waals surface area contributed by atoms with Crippen molar-refractivity contribution < 1.29 is 0 Å². The lowest BCUT2D eigenvalue weighted by Crippen LogP contribution is -2.38. The van der Waals surface area contributed by atoms with Crippen LogP contribution < -0.4 is 0 Å². The van der Waals surface area contributed by atoms with E-state index in [0.29, 0.717) is 0 Å². The van der Waals surface area contributed by atoms with E-state index >= 15 is 0 Å². The molecule has 0 aliphatic carbocycles. The Balaban J connectivity index is 2.37. The lowest BCUT2D eigenvalue weighted by atomic mass is 10.0. The number of hydrogen-bond donors (Lipinski definition) is 0.